The third-order valence-corrected chi connectivity index (χ3v) is 10.9. The van der Waals surface area contributed by atoms with Crippen LogP contribution in [0.1, 0.15) is 51.0 Å². The second-order valence-electron chi connectivity index (χ2n) is 10.4. The number of piperazine rings is 1. The number of piperidine rings is 1. The van der Waals surface area contributed by atoms with Crippen LogP contribution < -0.4 is 10.6 Å². The minimum atomic E-state index is -3.71. The van der Waals surface area contributed by atoms with E-state index in [1.165, 1.54) is 4.31 Å². The van der Waals surface area contributed by atoms with Gasteiger partial charge in [0.1, 0.15) is 18.2 Å². The van der Waals surface area contributed by atoms with Crippen LogP contribution in [0.15, 0.2) is 59.5 Å². The van der Waals surface area contributed by atoms with Gasteiger partial charge in [0, 0.05) is 29.7 Å². The van der Waals surface area contributed by atoms with Gasteiger partial charge in [0.05, 0.1) is 4.90 Å². The molecule has 1 spiro atoms. The summed E-state index contributed by atoms with van der Waals surface area (Å²) < 4.78 is 33.9. The molecule has 0 aliphatic carbocycles. The highest BCUT2D eigenvalue weighted by Crippen LogP contribution is 2.36. The van der Waals surface area contributed by atoms with Gasteiger partial charge < -0.3 is 20.3 Å². The lowest BCUT2D eigenvalue weighted by Crippen LogP contribution is -2.73. The fourth-order valence-electron chi connectivity index (χ4n) is 5.44. The molecule has 10 nitrogen and oxygen atoms in total. The summed E-state index contributed by atoms with van der Waals surface area (Å²) >= 11 is 2.02. The third-order valence-electron chi connectivity index (χ3n) is 7.66. The van der Waals surface area contributed by atoms with Crippen molar-refractivity contribution in [2.45, 2.75) is 68.5 Å². The van der Waals surface area contributed by atoms with Crippen molar-refractivity contribution in [3.05, 3.63) is 63.7 Å². The average Bonchev–Trinajstić information content (AvgIpc) is 2.97. The highest BCUT2D eigenvalue weighted by Gasteiger charge is 2.54. The molecule has 12 heteroatoms. The number of carbonyl (C=O) groups excluding carboxylic acids is 3. The predicted molar refractivity (Wildman–Crippen MR) is 162 cm³/mol. The van der Waals surface area contributed by atoms with Crippen molar-refractivity contribution in [1.29, 1.82) is 0 Å². The van der Waals surface area contributed by atoms with Gasteiger partial charge in [-0.2, -0.15) is 4.31 Å². The summed E-state index contributed by atoms with van der Waals surface area (Å²) in [6.07, 6.45) is 2.39. The fourth-order valence-corrected chi connectivity index (χ4v) is 8.17. The highest BCUT2D eigenvalue weighted by atomic mass is 127. The zero-order valence-corrected chi connectivity index (χ0v) is 26.2. The van der Waals surface area contributed by atoms with Crippen molar-refractivity contribution < 1.29 is 27.5 Å². The Balaban J connectivity index is 1.29. The van der Waals surface area contributed by atoms with E-state index in [4.69, 9.17) is 4.74 Å². The van der Waals surface area contributed by atoms with Crippen LogP contribution in [-0.4, -0.2) is 73.3 Å². The molecule has 0 aromatic heterocycles. The maximum absolute atomic E-state index is 13.6. The number of hydrogen-bond donors (Lipinski definition) is 2. The lowest BCUT2D eigenvalue weighted by Gasteiger charge is -2.51. The highest BCUT2D eigenvalue weighted by molar-refractivity contribution is 14.1. The summed E-state index contributed by atoms with van der Waals surface area (Å²) in [5, 5.41) is 5.66. The number of benzene rings is 2. The van der Waals surface area contributed by atoms with Crippen molar-refractivity contribution >= 4 is 50.5 Å². The molecule has 2 aliphatic heterocycles. The largest absolute Gasteiger partial charge is 0.445 e. The van der Waals surface area contributed by atoms with Crippen LogP contribution in [-0.2, 0) is 31.0 Å². The van der Waals surface area contributed by atoms with Gasteiger partial charge in [-0.3, -0.25) is 9.59 Å². The second-order valence-corrected chi connectivity index (χ2v) is 13.4. The van der Waals surface area contributed by atoms with E-state index in [1.807, 2.05) is 59.8 Å². The molecule has 3 amide bonds. The molecule has 2 N–H and O–H groups in total. The molecular weight excluding hydrogens is 659 g/mol. The Kier molecular flexibility index (Phi) is 10.6. The van der Waals surface area contributed by atoms with E-state index >= 15 is 0 Å². The van der Waals surface area contributed by atoms with Gasteiger partial charge in [-0.1, -0.05) is 49.4 Å². The van der Waals surface area contributed by atoms with Crippen molar-refractivity contribution in [3.8, 4) is 0 Å². The summed E-state index contributed by atoms with van der Waals surface area (Å²) in [5.41, 5.74) is -0.148. The Labute approximate surface area is 255 Å². The van der Waals surface area contributed by atoms with Crippen molar-refractivity contribution in [1.82, 2.24) is 19.8 Å². The van der Waals surface area contributed by atoms with E-state index in [0.29, 0.717) is 42.3 Å². The lowest BCUT2D eigenvalue weighted by atomic mass is 9.81. The van der Waals surface area contributed by atoms with E-state index in [1.54, 1.807) is 29.2 Å². The Morgan fingerprint density at radius 3 is 2.44 bits per heavy atom. The van der Waals surface area contributed by atoms with Gasteiger partial charge >= 0.3 is 6.09 Å². The van der Waals surface area contributed by atoms with Crippen molar-refractivity contribution in [2.24, 2.45) is 0 Å². The molecular formula is C29H37IN4O6S. The van der Waals surface area contributed by atoms with Gasteiger partial charge in [0.15, 0.2) is 0 Å². The van der Waals surface area contributed by atoms with Gasteiger partial charge in [-0.25, -0.2) is 13.2 Å². The maximum Gasteiger partial charge on any atom is 0.407 e. The molecule has 0 radical (unpaired) electrons. The summed E-state index contributed by atoms with van der Waals surface area (Å²) in [6, 6.07) is 15.6. The molecule has 4 rings (SSSR count). The Morgan fingerprint density at radius 1 is 1.07 bits per heavy atom. The number of nitrogens with zero attached hydrogens (tertiary/aromatic N) is 2. The topological polar surface area (TPSA) is 125 Å². The summed E-state index contributed by atoms with van der Waals surface area (Å²) in [4.78, 5) is 41.0. The van der Waals surface area contributed by atoms with Crippen LogP contribution in [0.3, 0.4) is 0 Å². The first-order valence-electron chi connectivity index (χ1n) is 14.0. The Hall–Kier alpha value is -2.71. The van der Waals surface area contributed by atoms with Crippen LogP contribution >= 0.6 is 22.6 Å². The number of hydrogen-bond acceptors (Lipinski definition) is 6. The molecule has 2 aliphatic rings. The Bertz CT molecular complexity index is 1330. The molecule has 2 aromatic carbocycles. The van der Waals surface area contributed by atoms with Crippen LogP contribution in [0.5, 0.6) is 0 Å². The second kappa shape index (κ2) is 14.0. The number of halogens is 1. The molecule has 2 heterocycles. The number of carbonyl (C=O) groups is 3. The molecule has 2 aromatic rings. The smallest absolute Gasteiger partial charge is 0.407 e. The fraction of sp³-hybridized carbons (Fsp3) is 0.483. The van der Waals surface area contributed by atoms with E-state index < -0.39 is 27.7 Å². The van der Waals surface area contributed by atoms with E-state index in [9.17, 15) is 22.8 Å². The first-order valence-corrected chi connectivity index (χ1v) is 16.5. The Morgan fingerprint density at radius 2 is 1.76 bits per heavy atom. The van der Waals surface area contributed by atoms with Crippen LogP contribution in [0.4, 0.5) is 4.79 Å². The van der Waals surface area contributed by atoms with Crippen molar-refractivity contribution in [2.75, 3.05) is 26.2 Å². The van der Waals surface area contributed by atoms with Gasteiger partial charge in [-0.15, -0.1) is 0 Å². The molecule has 0 saturated carbocycles. The van der Waals surface area contributed by atoms with E-state index in [0.717, 1.165) is 5.56 Å². The van der Waals surface area contributed by atoms with E-state index in [2.05, 4.69) is 10.6 Å². The summed E-state index contributed by atoms with van der Waals surface area (Å²) in [5.74, 6) is -0.347. The number of amides is 3. The number of nitrogens with one attached hydrogen (secondary N) is 2. The van der Waals surface area contributed by atoms with Crippen molar-refractivity contribution in [3.63, 3.8) is 0 Å². The number of rotatable bonds is 11. The zero-order valence-electron chi connectivity index (χ0n) is 23.2. The minimum Gasteiger partial charge on any atom is -0.445 e. The minimum absolute atomic E-state index is 0.129. The number of ether oxygens (including phenoxy) is 1. The number of alkyl carbamates (subject to hydrolysis) is 1. The standard InChI is InChI=1S/C29H37IN4O6S/c1-2-18-34-26(35)24(13-8-9-17-31-28(37)40-21-22-10-4-3-5-11-22)32-27(36)29(34)15-19-33(20-16-29)41(38,39)25-14-7-6-12-23(25)30/h3-7,10-12,14,24H,2,8-9,13,15-21H2,1H3,(H,31,37)(H,32,36)/t24-/m0/s1. The predicted octanol–water partition coefficient (Wildman–Crippen LogP) is 3.65. The summed E-state index contributed by atoms with van der Waals surface area (Å²) in [7, 11) is -3.71. The zero-order chi connectivity index (χ0) is 29.5. The normalized spacial score (nSPS) is 19.2. The lowest BCUT2D eigenvalue weighted by molar-refractivity contribution is -0.160. The van der Waals surface area contributed by atoms with Crippen LogP contribution in [0.25, 0.3) is 0 Å². The van der Waals surface area contributed by atoms with Gasteiger partial charge in [0.25, 0.3) is 0 Å². The maximum atomic E-state index is 13.6. The number of sulfonamides is 1. The quantitative estimate of drug-likeness (QED) is 0.273. The first-order chi connectivity index (χ1) is 19.7. The van der Waals surface area contributed by atoms with Crippen LogP contribution in [0, 0.1) is 3.57 Å². The molecule has 1 atom stereocenters. The van der Waals surface area contributed by atoms with Gasteiger partial charge in [-0.05, 0) is 78.8 Å². The average molecular weight is 697 g/mol. The molecule has 2 saturated heterocycles. The molecule has 2 fully saturated rings. The third kappa shape index (κ3) is 7.20. The molecule has 222 valence electrons. The van der Waals surface area contributed by atoms with Gasteiger partial charge in [0.2, 0.25) is 21.8 Å². The van der Waals surface area contributed by atoms with Crippen LogP contribution in [0.2, 0.25) is 0 Å². The summed E-state index contributed by atoms with van der Waals surface area (Å²) in [6.45, 7) is 3.30. The molecule has 0 bridgehead atoms. The molecule has 0 unspecified atom stereocenters. The monoisotopic (exact) mass is 696 g/mol. The first kappa shape index (κ1) is 31.2. The SMILES string of the molecule is CCCN1C(=O)[C@H](CCCCNC(=O)OCc2ccccc2)NC(=O)C12CCN(S(=O)(=O)c1ccccc1I)CC2. The number of unbranched alkanes of at least 4 members (excludes halogenated alkanes) is 1. The molecule has 41 heavy (non-hydrogen) atoms. The van der Waals surface area contributed by atoms with E-state index in [-0.39, 0.29) is 49.2 Å².